The van der Waals surface area contributed by atoms with Crippen molar-refractivity contribution in [1.82, 2.24) is 0 Å². The molecular formula is C11H10BrNS. The van der Waals surface area contributed by atoms with Crippen LogP contribution in [0.5, 0.6) is 0 Å². The van der Waals surface area contributed by atoms with E-state index in [2.05, 4.69) is 35.0 Å². The molecule has 0 radical (unpaired) electrons. The van der Waals surface area contributed by atoms with E-state index >= 15 is 0 Å². The van der Waals surface area contributed by atoms with E-state index in [9.17, 15) is 0 Å². The molecule has 0 bridgehead atoms. The van der Waals surface area contributed by atoms with Crippen LogP contribution in [-0.2, 0) is 0 Å². The average Bonchev–Trinajstić information content (AvgIpc) is 2.56. The second-order valence-corrected chi connectivity index (χ2v) is 5.66. The van der Waals surface area contributed by atoms with Gasteiger partial charge in [0, 0.05) is 16.1 Å². The van der Waals surface area contributed by atoms with E-state index in [0.717, 1.165) is 15.0 Å². The van der Waals surface area contributed by atoms with E-state index < -0.39 is 0 Å². The fourth-order valence-electron chi connectivity index (χ4n) is 1.34. The average molecular weight is 268 g/mol. The van der Waals surface area contributed by atoms with Crippen molar-refractivity contribution < 1.29 is 0 Å². The van der Waals surface area contributed by atoms with E-state index in [1.54, 1.807) is 11.3 Å². The Morgan fingerprint density at radius 1 is 1.21 bits per heavy atom. The van der Waals surface area contributed by atoms with Gasteiger partial charge in [-0.3, -0.25) is 0 Å². The van der Waals surface area contributed by atoms with Gasteiger partial charge >= 0.3 is 0 Å². The van der Waals surface area contributed by atoms with Crippen LogP contribution in [0, 0.1) is 6.92 Å². The molecule has 0 saturated carbocycles. The maximum Gasteiger partial charge on any atom is 0.0705 e. The molecule has 0 atom stereocenters. The molecule has 1 heterocycles. The highest BCUT2D eigenvalue weighted by Gasteiger charge is 2.05. The van der Waals surface area contributed by atoms with Crippen LogP contribution in [0.1, 0.15) is 5.56 Å². The summed E-state index contributed by atoms with van der Waals surface area (Å²) in [5, 5.41) is 0. The van der Waals surface area contributed by atoms with E-state index in [1.807, 2.05) is 18.2 Å². The van der Waals surface area contributed by atoms with Crippen LogP contribution in [0.15, 0.2) is 34.1 Å². The molecule has 1 aromatic carbocycles. The van der Waals surface area contributed by atoms with E-state index in [1.165, 1.54) is 10.4 Å². The second-order valence-electron chi connectivity index (χ2n) is 3.19. The quantitative estimate of drug-likeness (QED) is 0.775. The maximum absolute atomic E-state index is 5.92. The number of nitrogen functional groups attached to an aromatic ring is 1. The molecule has 0 spiro atoms. The van der Waals surface area contributed by atoms with Crippen molar-refractivity contribution in [3.05, 3.63) is 39.7 Å². The number of aryl methyl sites for hydroxylation is 1. The molecule has 0 amide bonds. The Morgan fingerprint density at radius 2 is 2.00 bits per heavy atom. The molecule has 0 aliphatic heterocycles. The first-order chi connectivity index (χ1) is 6.66. The lowest BCUT2D eigenvalue weighted by Gasteiger charge is -2.03. The molecule has 2 rings (SSSR count). The summed E-state index contributed by atoms with van der Waals surface area (Å²) in [5.41, 5.74) is 9.12. The normalized spacial score (nSPS) is 10.4. The van der Waals surface area contributed by atoms with Gasteiger partial charge in [-0.15, -0.1) is 11.3 Å². The molecule has 2 N–H and O–H groups in total. The molecule has 0 saturated heterocycles. The summed E-state index contributed by atoms with van der Waals surface area (Å²) >= 11 is 5.15. The first-order valence-corrected chi connectivity index (χ1v) is 5.89. The Kier molecular flexibility index (Phi) is 2.61. The summed E-state index contributed by atoms with van der Waals surface area (Å²) in [7, 11) is 0. The molecule has 2 aromatic rings. The summed E-state index contributed by atoms with van der Waals surface area (Å²) in [4.78, 5) is 1.21. The van der Waals surface area contributed by atoms with Crippen LogP contribution in [0.4, 0.5) is 5.69 Å². The van der Waals surface area contributed by atoms with Crippen LogP contribution in [0.2, 0.25) is 0 Å². The SMILES string of the molecule is Cc1ccc(N)c(-c2ccc(Br)s2)c1. The molecule has 0 aliphatic rings. The van der Waals surface area contributed by atoms with E-state index in [0.29, 0.717) is 0 Å². The summed E-state index contributed by atoms with van der Waals surface area (Å²) < 4.78 is 1.13. The zero-order valence-corrected chi connectivity index (χ0v) is 10.2. The largest absolute Gasteiger partial charge is 0.398 e. The van der Waals surface area contributed by atoms with Gasteiger partial charge in [0.15, 0.2) is 0 Å². The number of benzene rings is 1. The molecule has 3 heteroatoms. The zero-order valence-electron chi connectivity index (χ0n) is 7.75. The third-order valence-corrected chi connectivity index (χ3v) is 3.70. The number of rotatable bonds is 1. The van der Waals surface area contributed by atoms with Gasteiger partial charge in [0.05, 0.1) is 3.79 Å². The van der Waals surface area contributed by atoms with Crippen LogP contribution < -0.4 is 5.73 Å². The highest BCUT2D eigenvalue weighted by Crippen LogP contribution is 2.34. The molecule has 1 aromatic heterocycles. The molecule has 0 unspecified atom stereocenters. The van der Waals surface area contributed by atoms with Crippen molar-refractivity contribution in [1.29, 1.82) is 0 Å². The van der Waals surface area contributed by atoms with Crippen molar-refractivity contribution in [3.63, 3.8) is 0 Å². The number of hydrogen-bond donors (Lipinski definition) is 1. The smallest absolute Gasteiger partial charge is 0.0705 e. The van der Waals surface area contributed by atoms with Crippen LogP contribution in [-0.4, -0.2) is 0 Å². The van der Waals surface area contributed by atoms with Gasteiger partial charge in [-0.25, -0.2) is 0 Å². The van der Waals surface area contributed by atoms with Crippen molar-refractivity contribution in [2.24, 2.45) is 0 Å². The van der Waals surface area contributed by atoms with E-state index in [4.69, 9.17) is 5.73 Å². The lowest BCUT2D eigenvalue weighted by atomic mass is 10.1. The number of thiophene rings is 1. The lowest BCUT2D eigenvalue weighted by molar-refractivity contribution is 1.48. The first kappa shape index (κ1) is 9.74. The van der Waals surface area contributed by atoms with Crippen LogP contribution in [0.3, 0.4) is 0 Å². The predicted molar refractivity (Wildman–Crippen MR) is 66.6 cm³/mol. The highest BCUT2D eigenvalue weighted by atomic mass is 79.9. The second kappa shape index (κ2) is 3.75. The predicted octanol–water partition coefficient (Wildman–Crippen LogP) is 4.07. The Labute approximate surface area is 95.7 Å². The Morgan fingerprint density at radius 3 is 2.64 bits per heavy atom. The third kappa shape index (κ3) is 1.83. The summed E-state index contributed by atoms with van der Waals surface area (Å²) in [6, 6.07) is 10.2. The van der Waals surface area contributed by atoms with Gasteiger partial charge in [-0.1, -0.05) is 11.6 Å². The van der Waals surface area contributed by atoms with Crippen molar-refractivity contribution in [3.8, 4) is 10.4 Å². The highest BCUT2D eigenvalue weighted by molar-refractivity contribution is 9.11. The minimum absolute atomic E-state index is 0.838. The number of halogens is 1. The summed E-state index contributed by atoms with van der Waals surface area (Å²) in [5.74, 6) is 0. The van der Waals surface area contributed by atoms with Gasteiger partial charge in [-0.2, -0.15) is 0 Å². The minimum Gasteiger partial charge on any atom is -0.398 e. The Bertz CT molecular complexity index is 462. The lowest BCUT2D eigenvalue weighted by Crippen LogP contribution is -1.88. The number of nitrogens with two attached hydrogens (primary N) is 1. The molecule has 72 valence electrons. The molecular weight excluding hydrogens is 258 g/mol. The van der Waals surface area contributed by atoms with Crippen LogP contribution in [0.25, 0.3) is 10.4 Å². The van der Waals surface area contributed by atoms with Crippen LogP contribution >= 0.6 is 27.3 Å². The maximum atomic E-state index is 5.92. The topological polar surface area (TPSA) is 26.0 Å². The van der Waals surface area contributed by atoms with Gasteiger partial charge in [0.1, 0.15) is 0 Å². The standard InChI is InChI=1S/C11H10BrNS/c1-7-2-3-9(13)8(6-7)10-4-5-11(12)14-10/h2-6H,13H2,1H3. The summed E-state index contributed by atoms with van der Waals surface area (Å²) in [6.45, 7) is 2.07. The Hall–Kier alpha value is -0.800. The Balaban J connectivity index is 2.55. The van der Waals surface area contributed by atoms with Crippen molar-refractivity contribution >= 4 is 33.0 Å². The van der Waals surface area contributed by atoms with Crippen molar-refractivity contribution in [2.75, 3.05) is 5.73 Å². The monoisotopic (exact) mass is 267 g/mol. The molecule has 0 fully saturated rings. The third-order valence-electron chi connectivity index (χ3n) is 2.05. The first-order valence-electron chi connectivity index (χ1n) is 4.28. The summed E-state index contributed by atoms with van der Waals surface area (Å²) in [6.07, 6.45) is 0. The van der Waals surface area contributed by atoms with Gasteiger partial charge < -0.3 is 5.73 Å². The zero-order chi connectivity index (χ0) is 10.1. The van der Waals surface area contributed by atoms with Gasteiger partial charge in [0.25, 0.3) is 0 Å². The fraction of sp³-hybridized carbons (Fsp3) is 0.0909. The minimum atomic E-state index is 0.838. The van der Waals surface area contributed by atoms with E-state index in [-0.39, 0.29) is 0 Å². The van der Waals surface area contributed by atoms with Crippen molar-refractivity contribution in [2.45, 2.75) is 6.92 Å². The molecule has 0 aliphatic carbocycles. The van der Waals surface area contributed by atoms with Gasteiger partial charge in [-0.05, 0) is 47.1 Å². The number of hydrogen-bond acceptors (Lipinski definition) is 2. The fourth-order valence-corrected chi connectivity index (χ4v) is 2.77. The number of anilines is 1. The molecule has 1 nitrogen and oxygen atoms in total. The molecule has 14 heavy (non-hydrogen) atoms. The van der Waals surface area contributed by atoms with Gasteiger partial charge in [0.2, 0.25) is 0 Å².